The molecule has 0 saturated heterocycles. The summed E-state index contributed by atoms with van der Waals surface area (Å²) in [5, 5.41) is 0. The monoisotopic (exact) mass is 325 g/mol. The van der Waals surface area contributed by atoms with E-state index in [0.29, 0.717) is 18.0 Å². The molecule has 0 saturated carbocycles. The number of hydrogen-bond donors (Lipinski definition) is 0. The molecule has 0 N–H and O–H groups in total. The lowest BCUT2D eigenvalue weighted by atomic mass is 10.2. The zero-order chi connectivity index (χ0) is 16.6. The molecule has 22 heavy (non-hydrogen) atoms. The van der Waals surface area contributed by atoms with Gasteiger partial charge in [0.1, 0.15) is 0 Å². The second-order valence-electron chi connectivity index (χ2n) is 6.09. The molecule has 0 aromatic heterocycles. The van der Waals surface area contributed by atoms with Gasteiger partial charge in [-0.2, -0.15) is 4.31 Å². The summed E-state index contributed by atoms with van der Waals surface area (Å²) in [6.45, 7) is 9.42. The Morgan fingerprint density at radius 1 is 0.909 bits per heavy atom. The van der Waals surface area contributed by atoms with Gasteiger partial charge in [-0.15, -0.1) is 0 Å². The smallest absolute Gasteiger partial charge is 0.207 e. The van der Waals surface area contributed by atoms with Gasteiger partial charge in [-0.05, 0) is 38.3 Å². The van der Waals surface area contributed by atoms with Crippen molar-refractivity contribution in [2.45, 2.75) is 71.1 Å². The van der Waals surface area contributed by atoms with Crippen LogP contribution in [0.4, 0.5) is 0 Å². The third-order valence-electron chi connectivity index (χ3n) is 3.97. The van der Waals surface area contributed by atoms with E-state index in [2.05, 4.69) is 13.8 Å². The lowest BCUT2D eigenvalue weighted by molar-refractivity contribution is 0.388. The van der Waals surface area contributed by atoms with Crippen LogP contribution < -0.4 is 0 Å². The molecule has 0 spiro atoms. The number of benzene rings is 1. The van der Waals surface area contributed by atoms with E-state index in [0.717, 1.165) is 49.7 Å². The van der Waals surface area contributed by atoms with Gasteiger partial charge >= 0.3 is 0 Å². The molecule has 0 aliphatic heterocycles. The van der Waals surface area contributed by atoms with Crippen LogP contribution in [0.5, 0.6) is 0 Å². The van der Waals surface area contributed by atoms with Crippen molar-refractivity contribution < 1.29 is 8.42 Å². The summed E-state index contributed by atoms with van der Waals surface area (Å²) >= 11 is 0. The van der Waals surface area contributed by atoms with Crippen molar-refractivity contribution in [1.29, 1.82) is 0 Å². The highest BCUT2D eigenvalue weighted by atomic mass is 32.2. The summed E-state index contributed by atoms with van der Waals surface area (Å²) < 4.78 is 27.6. The molecule has 1 aromatic rings. The molecule has 0 atom stereocenters. The Morgan fingerprint density at radius 3 is 1.91 bits per heavy atom. The lowest BCUT2D eigenvalue weighted by Crippen LogP contribution is -2.33. The van der Waals surface area contributed by atoms with Crippen molar-refractivity contribution in [3.8, 4) is 0 Å². The molecule has 1 aromatic carbocycles. The van der Waals surface area contributed by atoms with E-state index in [4.69, 9.17) is 0 Å². The van der Waals surface area contributed by atoms with Crippen LogP contribution in [-0.4, -0.2) is 25.8 Å². The summed E-state index contributed by atoms with van der Waals surface area (Å²) in [7, 11) is -3.38. The van der Waals surface area contributed by atoms with Gasteiger partial charge in [-0.25, -0.2) is 8.42 Å². The first-order chi connectivity index (χ1) is 10.4. The molecule has 126 valence electrons. The van der Waals surface area contributed by atoms with Crippen molar-refractivity contribution in [2.75, 3.05) is 13.1 Å². The Labute approximate surface area is 136 Å². The van der Waals surface area contributed by atoms with E-state index in [9.17, 15) is 8.42 Å². The van der Waals surface area contributed by atoms with Gasteiger partial charge in [-0.1, -0.05) is 57.2 Å². The summed E-state index contributed by atoms with van der Waals surface area (Å²) in [4.78, 5) is 0.464. The highest BCUT2D eigenvalue weighted by Gasteiger charge is 2.25. The quantitative estimate of drug-likeness (QED) is 0.586. The van der Waals surface area contributed by atoms with Crippen LogP contribution >= 0.6 is 0 Å². The Hall–Kier alpha value is -0.870. The molecule has 0 fully saturated rings. The maximum absolute atomic E-state index is 13.0. The van der Waals surface area contributed by atoms with Crippen molar-refractivity contribution in [1.82, 2.24) is 4.31 Å². The number of unbranched alkanes of at least 4 members (excludes halogenated alkanes) is 4. The summed E-state index contributed by atoms with van der Waals surface area (Å²) in [6.07, 6.45) is 6.23. The molecule has 3 nitrogen and oxygen atoms in total. The highest BCUT2D eigenvalue weighted by molar-refractivity contribution is 7.89. The number of sulfonamides is 1. The minimum Gasteiger partial charge on any atom is -0.207 e. The number of aryl methyl sites for hydroxylation is 2. The normalized spacial score (nSPS) is 12.0. The fourth-order valence-electron chi connectivity index (χ4n) is 2.66. The standard InChI is InChI=1S/C18H31NO2S/c1-5-7-9-13-19(14-10-8-6-2)22(20,21)18-12-11-16(3)15-17(18)4/h11-12,15H,5-10,13-14H2,1-4H3. The van der Waals surface area contributed by atoms with Crippen LogP contribution in [0.25, 0.3) is 0 Å². The lowest BCUT2D eigenvalue weighted by Gasteiger charge is -2.23. The van der Waals surface area contributed by atoms with Gasteiger partial charge in [0.15, 0.2) is 0 Å². The van der Waals surface area contributed by atoms with E-state index in [1.54, 1.807) is 10.4 Å². The van der Waals surface area contributed by atoms with Crippen molar-refractivity contribution in [3.63, 3.8) is 0 Å². The molecule has 0 aliphatic rings. The molecular formula is C18H31NO2S. The van der Waals surface area contributed by atoms with Gasteiger partial charge in [-0.3, -0.25) is 0 Å². The first kappa shape index (κ1) is 19.2. The molecule has 0 heterocycles. The van der Waals surface area contributed by atoms with Gasteiger partial charge in [0, 0.05) is 13.1 Å². The van der Waals surface area contributed by atoms with Crippen molar-refractivity contribution >= 4 is 10.0 Å². The first-order valence-corrected chi connectivity index (χ1v) is 9.94. The fraction of sp³-hybridized carbons (Fsp3) is 0.667. The van der Waals surface area contributed by atoms with E-state index >= 15 is 0 Å². The van der Waals surface area contributed by atoms with Gasteiger partial charge in [0.25, 0.3) is 0 Å². The third kappa shape index (κ3) is 5.40. The molecule has 0 bridgehead atoms. The summed E-state index contributed by atoms with van der Waals surface area (Å²) in [6, 6.07) is 5.59. The topological polar surface area (TPSA) is 37.4 Å². The minimum absolute atomic E-state index is 0.464. The van der Waals surface area contributed by atoms with Gasteiger partial charge in [0.2, 0.25) is 10.0 Å². The average molecular weight is 326 g/mol. The van der Waals surface area contributed by atoms with Gasteiger partial charge < -0.3 is 0 Å². The van der Waals surface area contributed by atoms with Gasteiger partial charge in [0.05, 0.1) is 4.90 Å². The van der Waals surface area contributed by atoms with E-state index < -0.39 is 10.0 Å². The second-order valence-corrected chi connectivity index (χ2v) is 7.99. The molecular weight excluding hydrogens is 294 g/mol. The second kappa shape index (κ2) is 9.31. The zero-order valence-electron chi connectivity index (χ0n) is 14.6. The SMILES string of the molecule is CCCCCN(CCCCC)S(=O)(=O)c1ccc(C)cc1C. The van der Waals surface area contributed by atoms with Crippen LogP contribution in [0.1, 0.15) is 63.5 Å². The van der Waals surface area contributed by atoms with E-state index in [1.807, 2.05) is 26.0 Å². The van der Waals surface area contributed by atoms with Crippen molar-refractivity contribution in [3.05, 3.63) is 29.3 Å². The zero-order valence-corrected chi connectivity index (χ0v) is 15.4. The fourth-order valence-corrected chi connectivity index (χ4v) is 4.38. The van der Waals surface area contributed by atoms with E-state index in [1.165, 1.54) is 0 Å². The molecule has 1 rings (SSSR count). The summed E-state index contributed by atoms with van der Waals surface area (Å²) in [5.74, 6) is 0. The Bertz CT molecular complexity index is 542. The number of rotatable bonds is 10. The third-order valence-corrected chi connectivity index (χ3v) is 6.03. The van der Waals surface area contributed by atoms with Crippen LogP contribution in [0, 0.1) is 13.8 Å². The van der Waals surface area contributed by atoms with Crippen LogP contribution in [-0.2, 0) is 10.0 Å². The van der Waals surface area contributed by atoms with Crippen molar-refractivity contribution in [2.24, 2.45) is 0 Å². The van der Waals surface area contributed by atoms with Crippen LogP contribution in [0.15, 0.2) is 23.1 Å². The Morgan fingerprint density at radius 2 is 1.45 bits per heavy atom. The molecule has 0 unspecified atom stereocenters. The molecule has 0 aliphatic carbocycles. The maximum Gasteiger partial charge on any atom is 0.243 e. The Kier molecular flexibility index (Phi) is 8.12. The van der Waals surface area contributed by atoms with Crippen LogP contribution in [0.3, 0.4) is 0 Å². The summed E-state index contributed by atoms with van der Waals surface area (Å²) in [5.41, 5.74) is 1.94. The maximum atomic E-state index is 13.0. The molecule has 0 amide bonds. The predicted molar refractivity (Wildman–Crippen MR) is 93.7 cm³/mol. The Balaban J connectivity index is 2.97. The highest BCUT2D eigenvalue weighted by Crippen LogP contribution is 2.22. The number of nitrogens with zero attached hydrogens (tertiary/aromatic N) is 1. The van der Waals surface area contributed by atoms with Crippen LogP contribution in [0.2, 0.25) is 0 Å². The average Bonchev–Trinajstić information content (AvgIpc) is 2.45. The minimum atomic E-state index is -3.38. The number of hydrogen-bond acceptors (Lipinski definition) is 2. The molecule has 0 radical (unpaired) electrons. The van der Waals surface area contributed by atoms with E-state index in [-0.39, 0.29) is 0 Å². The molecule has 4 heteroatoms. The first-order valence-electron chi connectivity index (χ1n) is 8.50. The predicted octanol–water partition coefficient (Wildman–Crippen LogP) is 4.67. The largest absolute Gasteiger partial charge is 0.243 e.